The Morgan fingerprint density at radius 2 is 2.08 bits per heavy atom. The molecule has 1 atom stereocenters. The highest BCUT2D eigenvalue weighted by Crippen LogP contribution is 2.02. The van der Waals surface area contributed by atoms with Crippen molar-refractivity contribution < 1.29 is 13.2 Å². The first-order valence-electron chi connectivity index (χ1n) is 4.06. The lowest BCUT2D eigenvalue weighted by molar-refractivity contribution is -0.119. The molecular weight excluding hydrogens is 192 g/mol. The van der Waals surface area contributed by atoms with E-state index in [1.807, 2.05) is 11.6 Å². The van der Waals surface area contributed by atoms with Crippen LogP contribution in [0, 0.1) is 5.92 Å². The fourth-order valence-corrected chi connectivity index (χ4v) is 1.27. The summed E-state index contributed by atoms with van der Waals surface area (Å²) in [7, 11) is -3.41. The lowest BCUT2D eigenvalue weighted by Gasteiger charge is -2.07. The van der Waals surface area contributed by atoms with Crippen LogP contribution in [-0.4, -0.2) is 27.1 Å². The van der Waals surface area contributed by atoms with Gasteiger partial charge in [0.2, 0.25) is 15.9 Å². The van der Waals surface area contributed by atoms with Gasteiger partial charge in [-0.15, -0.1) is 0 Å². The monoisotopic (exact) mass is 208 g/mol. The Kier molecular flexibility index (Phi) is 4.94. The molecule has 0 saturated heterocycles. The summed E-state index contributed by atoms with van der Waals surface area (Å²) < 4.78 is 23.1. The Morgan fingerprint density at radius 3 is 2.46 bits per heavy atom. The van der Waals surface area contributed by atoms with Gasteiger partial charge in [0.25, 0.3) is 0 Å². The number of carbonyl (C=O) groups is 1. The molecule has 0 aliphatic heterocycles. The SMILES string of the molecule is CC(CN)CCC(=O)NS(C)(=O)=O. The van der Waals surface area contributed by atoms with Gasteiger partial charge in [-0.1, -0.05) is 6.92 Å². The van der Waals surface area contributed by atoms with Gasteiger partial charge >= 0.3 is 0 Å². The predicted molar refractivity (Wildman–Crippen MR) is 50.4 cm³/mol. The van der Waals surface area contributed by atoms with E-state index < -0.39 is 15.9 Å². The number of hydrogen-bond donors (Lipinski definition) is 2. The van der Waals surface area contributed by atoms with E-state index in [0.29, 0.717) is 13.0 Å². The first kappa shape index (κ1) is 12.4. The van der Waals surface area contributed by atoms with Gasteiger partial charge in [-0.2, -0.15) is 0 Å². The molecule has 0 aromatic heterocycles. The average Bonchev–Trinajstić information content (AvgIpc) is 1.97. The third kappa shape index (κ3) is 7.73. The quantitative estimate of drug-likeness (QED) is 0.633. The van der Waals surface area contributed by atoms with Crippen molar-refractivity contribution in [2.24, 2.45) is 11.7 Å². The van der Waals surface area contributed by atoms with Crippen LogP contribution in [0.2, 0.25) is 0 Å². The molecule has 0 spiro atoms. The van der Waals surface area contributed by atoms with Crippen molar-refractivity contribution in [1.82, 2.24) is 4.72 Å². The molecule has 0 fully saturated rings. The van der Waals surface area contributed by atoms with Crippen LogP contribution in [0.15, 0.2) is 0 Å². The van der Waals surface area contributed by atoms with Crippen LogP contribution in [0.1, 0.15) is 19.8 Å². The number of amides is 1. The lowest BCUT2D eigenvalue weighted by atomic mass is 10.1. The molecule has 1 amide bonds. The molecule has 0 aliphatic carbocycles. The molecule has 0 bridgehead atoms. The van der Waals surface area contributed by atoms with Crippen LogP contribution in [0.4, 0.5) is 0 Å². The standard InChI is InChI=1S/C7H16N2O3S/c1-6(5-8)3-4-7(10)9-13(2,11)12/h6H,3-5,8H2,1-2H3,(H,9,10). The second-order valence-corrected chi connectivity index (χ2v) is 4.93. The highest BCUT2D eigenvalue weighted by molar-refractivity contribution is 7.89. The van der Waals surface area contributed by atoms with E-state index in [1.54, 1.807) is 0 Å². The van der Waals surface area contributed by atoms with Crippen LogP contribution < -0.4 is 10.5 Å². The van der Waals surface area contributed by atoms with Crippen molar-refractivity contribution in [2.45, 2.75) is 19.8 Å². The van der Waals surface area contributed by atoms with Gasteiger partial charge in [0.1, 0.15) is 0 Å². The minimum Gasteiger partial charge on any atom is -0.330 e. The van der Waals surface area contributed by atoms with Gasteiger partial charge in [-0.3, -0.25) is 9.52 Å². The van der Waals surface area contributed by atoms with Gasteiger partial charge in [0.15, 0.2) is 0 Å². The van der Waals surface area contributed by atoms with Crippen LogP contribution in [0.3, 0.4) is 0 Å². The molecule has 5 nitrogen and oxygen atoms in total. The Bertz CT molecular complexity index is 261. The van der Waals surface area contributed by atoms with Gasteiger partial charge in [0.05, 0.1) is 6.26 Å². The summed E-state index contributed by atoms with van der Waals surface area (Å²) in [6.45, 7) is 2.42. The van der Waals surface area contributed by atoms with Crippen molar-refractivity contribution >= 4 is 15.9 Å². The number of nitrogens with one attached hydrogen (secondary N) is 1. The third-order valence-electron chi connectivity index (χ3n) is 1.57. The minimum absolute atomic E-state index is 0.200. The van der Waals surface area contributed by atoms with E-state index in [9.17, 15) is 13.2 Å². The van der Waals surface area contributed by atoms with E-state index in [0.717, 1.165) is 6.26 Å². The third-order valence-corrected chi connectivity index (χ3v) is 2.16. The van der Waals surface area contributed by atoms with Gasteiger partial charge in [-0.05, 0) is 18.9 Å². The topological polar surface area (TPSA) is 89.3 Å². The summed E-state index contributed by atoms with van der Waals surface area (Å²) in [5.74, 6) is -0.229. The second-order valence-electron chi connectivity index (χ2n) is 3.18. The fraction of sp³-hybridized carbons (Fsp3) is 0.857. The number of nitrogens with two attached hydrogens (primary N) is 1. The van der Waals surface area contributed by atoms with E-state index in [1.165, 1.54) is 0 Å². The van der Waals surface area contributed by atoms with E-state index in [-0.39, 0.29) is 12.3 Å². The molecule has 3 N–H and O–H groups in total. The Labute approximate surface area is 78.7 Å². The maximum absolute atomic E-state index is 10.9. The Balaban J connectivity index is 3.77. The maximum atomic E-state index is 10.9. The maximum Gasteiger partial charge on any atom is 0.233 e. The molecule has 0 saturated carbocycles. The number of sulfonamides is 1. The molecular formula is C7H16N2O3S. The van der Waals surface area contributed by atoms with Crippen LogP contribution in [0.25, 0.3) is 0 Å². The normalized spacial score (nSPS) is 13.8. The fourth-order valence-electron chi connectivity index (χ4n) is 0.753. The first-order valence-corrected chi connectivity index (χ1v) is 5.95. The van der Waals surface area contributed by atoms with Crippen molar-refractivity contribution in [3.05, 3.63) is 0 Å². The molecule has 6 heteroatoms. The summed E-state index contributed by atoms with van der Waals surface area (Å²) in [5.41, 5.74) is 5.34. The number of rotatable bonds is 5. The highest BCUT2D eigenvalue weighted by atomic mass is 32.2. The molecule has 0 aliphatic rings. The Hall–Kier alpha value is -0.620. The summed E-state index contributed by atoms with van der Waals surface area (Å²) in [6, 6.07) is 0. The molecule has 0 rings (SSSR count). The zero-order chi connectivity index (χ0) is 10.5. The average molecular weight is 208 g/mol. The first-order chi connectivity index (χ1) is 5.85. The van der Waals surface area contributed by atoms with Gasteiger partial charge in [-0.25, -0.2) is 8.42 Å². The van der Waals surface area contributed by atoms with Crippen molar-refractivity contribution in [3.63, 3.8) is 0 Å². The Morgan fingerprint density at radius 1 is 1.54 bits per heavy atom. The molecule has 0 aromatic carbocycles. The van der Waals surface area contributed by atoms with Crippen LogP contribution in [-0.2, 0) is 14.8 Å². The molecule has 13 heavy (non-hydrogen) atoms. The largest absolute Gasteiger partial charge is 0.330 e. The second kappa shape index (κ2) is 5.18. The predicted octanol–water partition coefficient (Wildman–Crippen LogP) is -0.563. The van der Waals surface area contributed by atoms with Crippen molar-refractivity contribution in [3.8, 4) is 0 Å². The van der Waals surface area contributed by atoms with E-state index >= 15 is 0 Å². The van der Waals surface area contributed by atoms with E-state index in [2.05, 4.69) is 0 Å². The highest BCUT2D eigenvalue weighted by Gasteiger charge is 2.09. The van der Waals surface area contributed by atoms with E-state index in [4.69, 9.17) is 5.73 Å². The molecule has 0 heterocycles. The molecule has 0 aromatic rings. The number of carbonyl (C=O) groups excluding carboxylic acids is 1. The van der Waals surface area contributed by atoms with Gasteiger partial charge in [0, 0.05) is 6.42 Å². The zero-order valence-electron chi connectivity index (χ0n) is 7.91. The molecule has 78 valence electrons. The zero-order valence-corrected chi connectivity index (χ0v) is 8.73. The number of hydrogen-bond acceptors (Lipinski definition) is 4. The smallest absolute Gasteiger partial charge is 0.233 e. The van der Waals surface area contributed by atoms with Crippen molar-refractivity contribution in [2.75, 3.05) is 12.8 Å². The molecule has 0 radical (unpaired) electrons. The summed E-state index contributed by atoms with van der Waals surface area (Å²) in [6.07, 6.45) is 1.76. The minimum atomic E-state index is -3.41. The van der Waals surface area contributed by atoms with Crippen LogP contribution >= 0.6 is 0 Å². The van der Waals surface area contributed by atoms with Crippen LogP contribution in [0.5, 0.6) is 0 Å². The van der Waals surface area contributed by atoms with Gasteiger partial charge < -0.3 is 5.73 Å². The lowest BCUT2D eigenvalue weighted by Crippen LogP contribution is -2.29. The molecule has 1 unspecified atom stereocenters. The summed E-state index contributed by atoms with van der Waals surface area (Å²) in [5, 5.41) is 0. The van der Waals surface area contributed by atoms with Crippen molar-refractivity contribution in [1.29, 1.82) is 0 Å². The summed E-state index contributed by atoms with van der Waals surface area (Å²) >= 11 is 0. The summed E-state index contributed by atoms with van der Waals surface area (Å²) in [4.78, 5) is 10.9.